The molecule has 1 heterocycles. The van der Waals surface area contributed by atoms with Gasteiger partial charge in [0.05, 0.1) is 12.0 Å². The van der Waals surface area contributed by atoms with Crippen LogP contribution < -0.4 is 9.47 Å². The van der Waals surface area contributed by atoms with Crippen LogP contribution in [0.2, 0.25) is 5.02 Å². The maximum Gasteiger partial charge on any atom is 0.323 e. The highest BCUT2D eigenvalue weighted by Gasteiger charge is 2.33. The van der Waals surface area contributed by atoms with E-state index in [1.807, 2.05) is 25.1 Å². The van der Waals surface area contributed by atoms with Gasteiger partial charge in [0.15, 0.2) is 11.5 Å². The van der Waals surface area contributed by atoms with Crippen LogP contribution in [0.1, 0.15) is 16.7 Å². The van der Waals surface area contributed by atoms with E-state index in [-0.39, 0.29) is 10.9 Å². The van der Waals surface area contributed by atoms with E-state index in [9.17, 15) is 9.59 Å². The fraction of sp³-hybridized carbons (Fsp3) is 0.190. The molecule has 0 saturated carbocycles. The molecule has 0 aliphatic carbocycles. The SMILES string of the molecule is COc1cc(/C=C2\SC(=S)N(CC(=O)O)C2=O)ccc1OCc1ccc(C)cc1Cl. The number of amides is 1. The monoisotopic (exact) mass is 463 g/mol. The lowest BCUT2D eigenvalue weighted by Gasteiger charge is -2.12. The minimum Gasteiger partial charge on any atom is -0.493 e. The highest BCUT2D eigenvalue weighted by atomic mass is 35.5. The van der Waals surface area contributed by atoms with Gasteiger partial charge in [-0.15, -0.1) is 0 Å². The van der Waals surface area contributed by atoms with Gasteiger partial charge in [0.1, 0.15) is 17.5 Å². The molecular formula is C21H18ClNO5S2. The third-order valence-electron chi connectivity index (χ3n) is 4.24. The van der Waals surface area contributed by atoms with Gasteiger partial charge in [0, 0.05) is 10.6 Å². The number of ether oxygens (including phenoxy) is 2. The lowest BCUT2D eigenvalue weighted by molar-refractivity contribution is -0.140. The number of halogens is 1. The van der Waals surface area contributed by atoms with Crippen molar-refractivity contribution in [2.24, 2.45) is 0 Å². The molecule has 0 spiro atoms. The molecule has 0 aromatic heterocycles. The van der Waals surface area contributed by atoms with Crippen LogP contribution in [0.3, 0.4) is 0 Å². The maximum atomic E-state index is 12.4. The first-order valence-electron chi connectivity index (χ1n) is 8.81. The summed E-state index contributed by atoms with van der Waals surface area (Å²) in [5.74, 6) is -0.525. The molecule has 1 N–H and O–H groups in total. The second-order valence-corrected chi connectivity index (χ2v) is 8.54. The average molecular weight is 464 g/mol. The topological polar surface area (TPSA) is 76.1 Å². The van der Waals surface area contributed by atoms with Crippen molar-refractivity contribution < 1.29 is 24.2 Å². The Balaban J connectivity index is 1.77. The summed E-state index contributed by atoms with van der Waals surface area (Å²) >= 11 is 12.4. The maximum absolute atomic E-state index is 12.4. The summed E-state index contributed by atoms with van der Waals surface area (Å²) in [5.41, 5.74) is 2.62. The van der Waals surface area contributed by atoms with Gasteiger partial charge in [-0.1, -0.05) is 53.8 Å². The fourth-order valence-electron chi connectivity index (χ4n) is 2.74. The number of carbonyl (C=O) groups is 2. The number of thiocarbonyl (C=S) groups is 1. The van der Waals surface area contributed by atoms with E-state index in [4.69, 9.17) is 38.4 Å². The lowest BCUT2D eigenvalue weighted by Crippen LogP contribution is -2.33. The molecule has 1 aliphatic rings. The van der Waals surface area contributed by atoms with Crippen LogP contribution in [0.25, 0.3) is 6.08 Å². The first-order chi connectivity index (χ1) is 14.3. The number of hydrogen-bond donors (Lipinski definition) is 1. The van der Waals surface area contributed by atoms with Gasteiger partial charge >= 0.3 is 5.97 Å². The summed E-state index contributed by atoms with van der Waals surface area (Å²) in [6.45, 7) is 1.79. The van der Waals surface area contributed by atoms with E-state index in [1.165, 1.54) is 7.11 Å². The summed E-state index contributed by atoms with van der Waals surface area (Å²) < 4.78 is 11.5. The number of aliphatic carboxylic acids is 1. The number of aryl methyl sites for hydroxylation is 1. The summed E-state index contributed by atoms with van der Waals surface area (Å²) in [6, 6.07) is 11.0. The third-order valence-corrected chi connectivity index (χ3v) is 5.97. The van der Waals surface area contributed by atoms with Crippen LogP contribution in [-0.4, -0.2) is 39.9 Å². The largest absolute Gasteiger partial charge is 0.493 e. The van der Waals surface area contributed by atoms with Crippen molar-refractivity contribution in [3.05, 3.63) is 63.0 Å². The molecule has 156 valence electrons. The molecule has 2 aromatic carbocycles. The number of benzene rings is 2. The lowest BCUT2D eigenvalue weighted by atomic mass is 10.1. The number of nitrogens with zero attached hydrogens (tertiary/aromatic N) is 1. The Kier molecular flexibility index (Phi) is 7.02. The van der Waals surface area contributed by atoms with Gasteiger partial charge in [-0.25, -0.2) is 0 Å². The molecule has 1 aliphatic heterocycles. The molecule has 9 heteroatoms. The first kappa shape index (κ1) is 22.1. The molecule has 0 atom stereocenters. The zero-order chi connectivity index (χ0) is 21.8. The van der Waals surface area contributed by atoms with Gasteiger partial charge < -0.3 is 14.6 Å². The van der Waals surface area contributed by atoms with Crippen molar-refractivity contribution in [2.45, 2.75) is 13.5 Å². The Hall–Kier alpha value is -2.55. The summed E-state index contributed by atoms with van der Waals surface area (Å²) in [4.78, 5) is 24.7. The number of carboxylic acid groups (broad SMARTS) is 1. The smallest absolute Gasteiger partial charge is 0.323 e. The van der Waals surface area contributed by atoms with E-state index < -0.39 is 18.4 Å². The zero-order valence-corrected chi connectivity index (χ0v) is 18.6. The standard InChI is InChI=1S/C21H18ClNO5S2/c1-12-3-5-14(15(22)7-12)11-28-16-6-4-13(8-17(16)27-2)9-18-20(26)23(10-19(24)25)21(29)30-18/h3-9H,10-11H2,1-2H3,(H,24,25)/b18-9-. The Morgan fingerprint density at radius 2 is 2.03 bits per heavy atom. The zero-order valence-electron chi connectivity index (χ0n) is 16.2. The fourth-order valence-corrected chi connectivity index (χ4v) is 4.29. The Bertz CT molecular complexity index is 1050. The van der Waals surface area contributed by atoms with Crippen molar-refractivity contribution in [3.8, 4) is 11.5 Å². The second kappa shape index (κ2) is 9.51. The molecule has 1 fully saturated rings. The van der Waals surface area contributed by atoms with Gasteiger partial charge in [0.25, 0.3) is 5.91 Å². The van der Waals surface area contributed by atoms with Crippen molar-refractivity contribution in [1.29, 1.82) is 0 Å². The Morgan fingerprint density at radius 3 is 2.70 bits per heavy atom. The number of hydrogen-bond acceptors (Lipinski definition) is 6. The predicted octanol–water partition coefficient (Wildman–Crippen LogP) is 4.52. The summed E-state index contributed by atoms with van der Waals surface area (Å²) in [5, 5.41) is 9.56. The number of carboxylic acids is 1. The molecule has 0 bridgehead atoms. The second-order valence-electron chi connectivity index (χ2n) is 6.46. The van der Waals surface area contributed by atoms with Gasteiger partial charge in [-0.05, 0) is 42.3 Å². The van der Waals surface area contributed by atoms with Crippen LogP contribution in [0.5, 0.6) is 11.5 Å². The van der Waals surface area contributed by atoms with Crippen LogP contribution >= 0.6 is 35.6 Å². The van der Waals surface area contributed by atoms with E-state index >= 15 is 0 Å². The van der Waals surface area contributed by atoms with E-state index in [1.54, 1.807) is 24.3 Å². The van der Waals surface area contributed by atoms with E-state index in [0.29, 0.717) is 27.0 Å². The number of methoxy groups -OCH3 is 1. The molecule has 1 amide bonds. The van der Waals surface area contributed by atoms with Crippen LogP contribution in [0.4, 0.5) is 0 Å². The van der Waals surface area contributed by atoms with Crippen molar-refractivity contribution in [1.82, 2.24) is 4.90 Å². The van der Waals surface area contributed by atoms with E-state index in [0.717, 1.165) is 27.8 Å². The first-order valence-corrected chi connectivity index (χ1v) is 10.4. The van der Waals surface area contributed by atoms with Crippen LogP contribution in [0.15, 0.2) is 41.3 Å². The molecule has 0 unspecified atom stereocenters. The van der Waals surface area contributed by atoms with Crippen LogP contribution in [0, 0.1) is 6.92 Å². The average Bonchev–Trinajstić information content (AvgIpc) is 2.95. The summed E-state index contributed by atoms with van der Waals surface area (Å²) in [6.07, 6.45) is 1.64. The molecule has 3 rings (SSSR count). The van der Waals surface area contributed by atoms with Gasteiger partial charge in [0.2, 0.25) is 0 Å². The highest BCUT2D eigenvalue weighted by molar-refractivity contribution is 8.26. The Morgan fingerprint density at radius 1 is 1.27 bits per heavy atom. The number of carbonyl (C=O) groups excluding carboxylic acids is 1. The third kappa shape index (κ3) is 5.13. The minimum atomic E-state index is -1.12. The molecule has 30 heavy (non-hydrogen) atoms. The molecule has 6 nitrogen and oxygen atoms in total. The number of thioether (sulfide) groups is 1. The molecule has 1 saturated heterocycles. The Labute approximate surface area is 188 Å². The molecule has 2 aromatic rings. The predicted molar refractivity (Wildman–Crippen MR) is 121 cm³/mol. The van der Waals surface area contributed by atoms with Crippen molar-refractivity contribution >= 4 is 57.9 Å². The number of rotatable bonds is 7. The molecular weight excluding hydrogens is 446 g/mol. The van der Waals surface area contributed by atoms with Gasteiger partial charge in [-0.2, -0.15) is 0 Å². The normalized spacial score (nSPS) is 15.0. The van der Waals surface area contributed by atoms with E-state index in [2.05, 4.69) is 0 Å². The van der Waals surface area contributed by atoms with Crippen molar-refractivity contribution in [2.75, 3.05) is 13.7 Å². The molecule has 0 radical (unpaired) electrons. The van der Waals surface area contributed by atoms with Crippen molar-refractivity contribution in [3.63, 3.8) is 0 Å². The quantitative estimate of drug-likeness (QED) is 0.477. The summed E-state index contributed by atoms with van der Waals surface area (Å²) in [7, 11) is 1.52. The highest BCUT2D eigenvalue weighted by Crippen LogP contribution is 2.35. The van der Waals surface area contributed by atoms with Crippen LogP contribution in [-0.2, 0) is 16.2 Å². The van der Waals surface area contributed by atoms with Gasteiger partial charge in [-0.3, -0.25) is 14.5 Å². The minimum absolute atomic E-state index is 0.218.